The molecule has 0 aliphatic heterocycles. The fourth-order valence-electron chi connectivity index (χ4n) is 1.55. The van der Waals surface area contributed by atoms with E-state index in [4.69, 9.17) is 10.8 Å². The van der Waals surface area contributed by atoms with Crippen molar-refractivity contribution < 1.29 is 9.90 Å². The predicted octanol–water partition coefficient (Wildman–Crippen LogP) is 2.18. The lowest BCUT2D eigenvalue weighted by atomic mass is 9.91. The zero-order chi connectivity index (χ0) is 13.8. The number of nitrogens with one attached hydrogen (secondary N) is 1. The van der Waals surface area contributed by atoms with Gasteiger partial charge in [-0.3, -0.25) is 4.79 Å². The van der Waals surface area contributed by atoms with Gasteiger partial charge in [0.2, 0.25) is 0 Å². The van der Waals surface area contributed by atoms with Crippen LogP contribution in [-0.4, -0.2) is 30.2 Å². The molecule has 1 atom stereocenters. The van der Waals surface area contributed by atoms with Crippen molar-refractivity contribution in [3.05, 3.63) is 20.8 Å². The number of carboxylic acids is 1. The van der Waals surface area contributed by atoms with Crippen LogP contribution in [0.4, 0.5) is 0 Å². The molecule has 0 saturated carbocycles. The van der Waals surface area contributed by atoms with Crippen LogP contribution in [0.5, 0.6) is 0 Å². The van der Waals surface area contributed by atoms with Gasteiger partial charge in [-0.05, 0) is 41.0 Å². The van der Waals surface area contributed by atoms with Gasteiger partial charge in [-0.1, -0.05) is 13.8 Å². The van der Waals surface area contributed by atoms with E-state index in [1.165, 1.54) is 4.88 Å². The molecular weight excluding hydrogens is 316 g/mol. The molecule has 4 nitrogen and oxygen atoms in total. The minimum atomic E-state index is -0.946. The molecule has 18 heavy (non-hydrogen) atoms. The third-order valence-corrected chi connectivity index (χ3v) is 4.75. The number of nitrogens with two attached hydrogens (primary N) is 1. The van der Waals surface area contributed by atoms with Gasteiger partial charge >= 0.3 is 5.97 Å². The van der Waals surface area contributed by atoms with Crippen molar-refractivity contribution in [2.24, 2.45) is 5.73 Å². The first-order valence-electron chi connectivity index (χ1n) is 5.78. The van der Waals surface area contributed by atoms with Crippen molar-refractivity contribution in [3.8, 4) is 0 Å². The van der Waals surface area contributed by atoms with Crippen molar-refractivity contribution in [2.45, 2.75) is 31.7 Å². The van der Waals surface area contributed by atoms with Gasteiger partial charge in [-0.15, -0.1) is 11.3 Å². The summed E-state index contributed by atoms with van der Waals surface area (Å²) in [5.41, 5.74) is 5.47. The third kappa shape index (κ3) is 4.68. The summed E-state index contributed by atoms with van der Waals surface area (Å²) in [5, 5.41) is 11.9. The van der Waals surface area contributed by atoms with Crippen LogP contribution in [0.3, 0.4) is 0 Å². The lowest BCUT2D eigenvalue weighted by Gasteiger charge is -2.24. The molecule has 0 amide bonds. The summed E-state index contributed by atoms with van der Waals surface area (Å²) >= 11 is 5.18. The Bertz CT molecular complexity index is 407. The zero-order valence-electron chi connectivity index (χ0n) is 10.6. The Balaban J connectivity index is 2.36. The molecule has 1 unspecified atom stereocenters. The van der Waals surface area contributed by atoms with Crippen LogP contribution >= 0.6 is 27.3 Å². The Morgan fingerprint density at radius 1 is 1.61 bits per heavy atom. The molecule has 102 valence electrons. The maximum Gasteiger partial charge on any atom is 0.320 e. The van der Waals surface area contributed by atoms with E-state index in [0.29, 0.717) is 13.0 Å². The maximum absolute atomic E-state index is 10.6. The van der Waals surface area contributed by atoms with Crippen molar-refractivity contribution >= 4 is 33.2 Å². The van der Waals surface area contributed by atoms with Gasteiger partial charge in [0.1, 0.15) is 6.04 Å². The minimum absolute atomic E-state index is 0.0318. The third-order valence-electron chi connectivity index (χ3n) is 2.76. The Labute approximate surface area is 120 Å². The first kappa shape index (κ1) is 15.6. The smallest absolute Gasteiger partial charge is 0.320 e. The normalized spacial score (nSPS) is 13.6. The van der Waals surface area contributed by atoms with E-state index in [0.717, 1.165) is 10.3 Å². The lowest BCUT2D eigenvalue weighted by Crippen LogP contribution is -2.37. The molecule has 0 fully saturated rings. The second-order valence-electron chi connectivity index (χ2n) is 4.90. The fourth-order valence-corrected chi connectivity index (χ4v) is 3.03. The summed E-state index contributed by atoms with van der Waals surface area (Å²) in [7, 11) is 0. The second kappa shape index (κ2) is 6.65. The minimum Gasteiger partial charge on any atom is -0.480 e. The predicted molar refractivity (Wildman–Crippen MR) is 78.1 cm³/mol. The van der Waals surface area contributed by atoms with E-state index < -0.39 is 12.0 Å². The zero-order valence-corrected chi connectivity index (χ0v) is 13.0. The number of carbonyl (C=O) groups is 1. The molecule has 1 aromatic heterocycles. The number of rotatable bonds is 7. The fraction of sp³-hybridized carbons (Fsp3) is 0.583. The molecular formula is C12H19BrN2O2S. The highest BCUT2D eigenvalue weighted by Crippen LogP contribution is 2.32. The quantitative estimate of drug-likeness (QED) is 0.668. The van der Waals surface area contributed by atoms with Gasteiger partial charge in [0.25, 0.3) is 0 Å². The number of hydrogen-bond donors (Lipinski definition) is 3. The molecule has 1 rings (SSSR count). The summed E-state index contributed by atoms with van der Waals surface area (Å²) in [6, 6.07) is 3.37. The second-order valence-corrected chi connectivity index (χ2v) is 7.36. The summed E-state index contributed by atoms with van der Waals surface area (Å²) in [6.45, 7) is 5.74. The van der Waals surface area contributed by atoms with Gasteiger partial charge in [0, 0.05) is 16.8 Å². The van der Waals surface area contributed by atoms with Crippen LogP contribution in [0.2, 0.25) is 0 Å². The largest absolute Gasteiger partial charge is 0.480 e. The van der Waals surface area contributed by atoms with Crippen molar-refractivity contribution in [1.29, 1.82) is 0 Å². The highest BCUT2D eigenvalue weighted by Gasteiger charge is 2.22. The van der Waals surface area contributed by atoms with E-state index in [1.54, 1.807) is 11.3 Å². The number of hydrogen-bond acceptors (Lipinski definition) is 4. The molecule has 0 aromatic carbocycles. The van der Waals surface area contributed by atoms with Gasteiger partial charge in [-0.2, -0.15) is 0 Å². The van der Waals surface area contributed by atoms with Gasteiger partial charge in [0.15, 0.2) is 0 Å². The Hall–Kier alpha value is -0.430. The number of aliphatic carboxylic acids is 1. The van der Waals surface area contributed by atoms with E-state index >= 15 is 0 Å². The summed E-state index contributed by atoms with van der Waals surface area (Å²) in [4.78, 5) is 11.9. The highest BCUT2D eigenvalue weighted by molar-refractivity contribution is 9.11. The van der Waals surface area contributed by atoms with E-state index in [9.17, 15) is 4.79 Å². The first-order chi connectivity index (χ1) is 8.33. The van der Waals surface area contributed by atoms with Crippen molar-refractivity contribution in [2.75, 3.05) is 13.1 Å². The lowest BCUT2D eigenvalue weighted by molar-refractivity contribution is -0.138. The topological polar surface area (TPSA) is 75.3 Å². The number of carboxylic acid groups (broad SMARTS) is 1. The first-order valence-corrected chi connectivity index (χ1v) is 7.39. The summed E-state index contributed by atoms with van der Waals surface area (Å²) in [6.07, 6.45) is 0.444. The van der Waals surface area contributed by atoms with Gasteiger partial charge in [0.05, 0.1) is 3.79 Å². The molecule has 1 heterocycles. The van der Waals surface area contributed by atoms with Gasteiger partial charge < -0.3 is 16.2 Å². The van der Waals surface area contributed by atoms with Crippen LogP contribution in [0.25, 0.3) is 0 Å². The Morgan fingerprint density at radius 3 is 2.78 bits per heavy atom. The van der Waals surface area contributed by atoms with Crippen LogP contribution < -0.4 is 11.1 Å². The van der Waals surface area contributed by atoms with Gasteiger partial charge in [-0.25, -0.2) is 0 Å². The monoisotopic (exact) mass is 334 g/mol. The van der Waals surface area contributed by atoms with Crippen molar-refractivity contribution in [3.63, 3.8) is 0 Å². The molecule has 0 spiro atoms. The highest BCUT2D eigenvalue weighted by atomic mass is 79.9. The molecule has 0 saturated heterocycles. The molecule has 0 radical (unpaired) electrons. The standard InChI is InChI=1S/C12H19BrN2O2S/c1-12(2,9-3-4-10(13)18-9)7-15-6-5-8(14)11(16)17/h3-4,8,15H,5-7,14H2,1-2H3,(H,16,17). The number of thiophene rings is 1. The Kier molecular flexibility index (Phi) is 5.78. The van der Waals surface area contributed by atoms with Crippen LogP contribution in [0, 0.1) is 0 Å². The number of halogens is 1. The Morgan fingerprint density at radius 2 is 2.28 bits per heavy atom. The van der Waals surface area contributed by atoms with Crippen LogP contribution in [-0.2, 0) is 10.2 Å². The average molecular weight is 335 g/mol. The van der Waals surface area contributed by atoms with Crippen LogP contribution in [0.15, 0.2) is 15.9 Å². The molecule has 6 heteroatoms. The molecule has 0 bridgehead atoms. The van der Waals surface area contributed by atoms with E-state index in [1.807, 2.05) is 6.07 Å². The molecule has 4 N–H and O–H groups in total. The molecule has 0 aliphatic carbocycles. The van der Waals surface area contributed by atoms with Crippen LogP contribution in [0.1, 0.15) is 25.1 Å². The average Bonchev–Trinajstić information content (AvgIpc) is 2.71. The SMILES string of the molecule is CC(C)(CNCCC(N)C(=O)O)c1ccc(Br)s1. The summed E-state index contributed by atoms with van der Waals surface area (Å²) in [5.74, 6) is -0.946. The summed E-state index contributed by atoms with van der Waals surface area (Å²) < 4.78 is 1.12. The molecule has 1 aromatic rings. The maximum atomic E-state index is 10.6. The molecule has 0 aliphatic rings. The van der Waals surface area contributed by atoms with E-state index in [2.05, 4.69) is 41.2 Å². The van der Waals surface area contributed by atoms with E-state index in [-0.39, 0.29) is 5.41 Å². The van der Waals surface area contributed by atoms with Crippen molar-refractivity contribution in [1.82, 2.24) is 5.32 Å².